The lowest BCUT2D eigenvalue weighted by Gasteiger charge is -2.13. The van der Waals surface area contributed by atoms with E-state index in [-0.39, 0.29) is 11.2 Å². The lowest BCUT2D eigenvalue weighted by Crippen LogP contribution is -2.11. The Hall–Kier alpha value is -1.45. The van der Waals surface area contributed by atoms with Crippen molar-refractivity contribution in [3.8, 4) is 0 Å². The van der Waals surface area contributed by atoms with Crippen LogP contribution in [0.4, 0.5) is 5.69 Å². The summed E-state index contributed by atoms with van der Waals surface area (Å²) in [4.78, 5) is 13.1. The largest absolute Gasteiger partial charge is 0.325 e. The third-order valence-electron chi connectivity index (χ3n) is 3.04. The van der Waals surface area contributed by atoms with Crippen LogP contribution in [0.1, 0.15) is 17.2 Å². The summed E-state index contributed by atoms with van der Waals surface area (Å²) in [7, 11) is 0. The zero-order chi connectivity index (χ0) is 13.2. The molecule has 0 saturated heterocycles. The van der Waals surface area contributed by atoms with Gasteiger partial charge in [-0.1, -0.05) is 35.9 Å². The quantitative estimate of drug-likeness (QED) is 0.836. The summed E-state index contributed by atoms with van der Waals surface area (Å²) in [6.45, 7) is 0. The molecule has 0 saturated carbocycles. The summed E-state index contributed by atoms with van der Waals surface area (Å²) >= 11 is 7.62. The third kappa shape index (κ3) is 2.77. The molecule has 1 unspecified atom stereocenters. The van der Waals surface area contributed by atoms with Gasteiger partial charge in [-0.05, 0) is 29.8 Å². The molecule has 0 aliphatic carbocycles. The first-order valence-electron chi connectivity index (χ1n) is 6.03. The van der Waals surface area contributed by atoms with E-state index in [0.29, 0.717) is 11.4 Å². The molecule has 0 radical (unpaired) electrons. The number of carbonyl (C=O) groups excluding carboxylic acids is 1. The van der Waals surface area contributed by atoms with Gasteiger partial charge < -0.3 is 5.32 Å². The van der Waals surface area contributed by atoms with E-state index in [4.69, 9.17) is 11.6 Å². The Morgan fingerprint density at radius 1 is 1.11 bits per heavy atom. The summed E-state index contributed by atoms with van der Waals surface area (Å²) in [6, 6.07) is 15.6. The second kappa shape index (κ2) is 5.27. The molecule has 19 heavy (non-hydrogen) atoms. The van der Waals surface area contributed by atoms with Crippen molar-refractivity contribution in [2.24, 2.45) is 0 Å². The number of thioether (sulfide) groups is 1. The number of hydrogen-bond acceptors (Lipinski definition) is 2. The van der Waals surface area contributed by atoms with E-state index >= 15 is 0 Å². The van der Waals surface area contributed by atoms with E-state index in [9.17, 15) is 4.79 Å². The predicted molar refractivity (Wildman–Crippen MR) is 79.7 cm³/mol. The van der Waals surface area contributed by atoms with Gasteiger partial charge in [0.05, 0.1) is 5.69 Å². The molecule has 0 bridgehead atoms. The highest BCUT2D eigenvalue weighted by Gasteiger charge is 2.23. The van der Waals surface area contributed by atoms with Crippen LogP contribution < -0.4 is 5.32 Å². The highest BCUT2D eigenvalue weighted by Crippen LogP contribution is 2.43. The van der Waals surface area contributed by atoms with Gasteiger partial charge >= 0.3 is 0 Å². The summed E-state index contributed by atoms with van der Waals surface area (Å²) in [5, 5.41) is 3.79. The Kier molecular flexibility index (Phi) is 3.49. The van der Waals surface area contributed by atoms with Gasteiger partial charge in [-0.15, -0.1) is 11.8 Å². The number of para-hydroxylation sites is 1. The minimum absolute atomic E-state index is 0.0531. The van der Waals surface area contributed by atoms with Crippen LogP contribution in [0.3, 0.4) is 0 Å². The lowest BCUT2D eigenvalue weighted by atomic mass is 10.1. The van der Waals surface area contributed by atoms with Crippen LogP contribution in [0.2, 0.25) is 5.02 Å². The van der Waals surface area contributed by atoms with Crippen LogP contribution in [0.25, 0.3) is 0 Å². The van der Waals surface area contributed by atoms with Gasteiger partial charge in [0, 0.05) is 21.6 Å². The van der Waals surface area contributed by atoms with E-state index in [1.165, 1.54) is 0 Å². The molecule has 1 atom stereocenters. The zero-order valence-electron chi connectivity index (χ0n) is 10.1. The molecule has 0 spiro atoms. The number of fused-ring (bicyclic) bond motifs is 1. The maximum atomic E-state index is 11.9. The molecule has 2 aromatic carbocycles. The fourth-order valence-electron chi connectivity index (χ4n) is 2.10. The monoisotopic (exact) mass is 289 g/mol. The minimum atomic E-state index is 0.0531. The standard InChI is InChI=1S/C15H12ClNOS/c16-11-7-5-10(6-8-11)14-9-15(18)17-12-3-1-2-4-13(12)19-14/h1-8,14H,9H2,(H,17,18). The number of hydrogen-bond donors (Lipinski definition) is 1. The molecule has 2 nitrogen and oxygen atoms in total. The van der Waals surface area contributed by atoms with E-state index < -0.39 is 0 Å². The number of benzene rings is 2. The lowest BCUT2D eigenvalue weighted by molar-refractivity contribution is -0.116. The van der Waals surface area contributed by atoms with Gasteiger partial charge in [0.25, 0.3) is 0 Å². The van der Waals surface area contributed by atoms with Crippen LogP contribution in [0.15, 0.2) is 53.4 Å². The molecular weight excluding hydrogens is 278 g/mol. The van der Waals surface area contributed by atoms with Crippen molar-refractivity contribution in [1.82, 2.24) is 0 Å². The molecule has 0 aromatic heterocycles. The van der Waals surface area contributed by atoms with E-state index in [1.54, 1.807) is 11.8 Å². The maximum absolute atomic E-state index is 11.9. The van der Waals surface area contributed by atoms with Gasteiger partial charge in [-0.3, -0.25) is 4.79 Å². The van der Waals surface area contributed by atoms with Gasteiger partial charge in [0.15, 0.2) is 0 Å². The summed E-state index contributed by atoms with van der Waals surface area (Å²) in [5.74, 6) is 0.0531. The number of amides is 1. The first-order valence-corrected chi connectivity index (χ1v) is 7.29. The third-order valence-corrected chi connectivity index (χ3v) is 4.63. The van der Waals surface area contributed by atoms with E-state index in [0.717, 1.165) is 16.1 Å². The predicted octanol–water partition coefficient (Wildman–Crippen LogP) is 4.52. The smallest absolute Gasteiger partial charge is 0.225 e. The maximum Gasteiger partial charge on any atom is 0.225 e. The van der Waals surface area contributed by atoms with Crippen molar-refractivity contribution < 1.29 is 4.79 Å². The molecule has 1 amide bonds. The summed E-state index contributed by atoms with van der Waals surface area (Å²) in [6.07, 6.45) is 0.473. The number of nitrogens with one attached hydrogen (secondary N) is 1. The molecule has 4 heteroatoms. The summed E-state index contributed by atoms with van der Waals surface area (Å²) < 4.78 is 0. The highest BCUT2D eigenvalue weighted by molar-refractivity contribution is 7.99. The Morgan fingerprint density at radius 3 is 2.63 bits per heavy atom. The van der Waals surface area contributed by atoms with Crippen molar-refractivity contribution >= 4 is 35.0 Å². The Bertz CT molecular complexity index is 612. The number of halogens is 1. The fraction of sp³-hybridized carbons (Fsp3) is 0.133. The van der Waals surface area contributed by atoms with E-state index in [2.05, 4.69) is 5.32 Å². The molecule has 1 aliphatic rings. The topological polar surface area (TPSA) is 29.1 Å². The Morgan fingerprint density at radius 2 is 1.84 bits per heavy atom. The normalized spacial score (nSPS) is 18.4. The number of rotatable bonds is 1. The first-order chi connectivity index (χ1) is 9.22. The van der Waals surface area contributed by atoms with E-state index in [1.807, 2.05) is 48.5 Å². The molecule has 0 fully saturated rings. The SMILES string of the molecule is O=C1CC(c2ccc(Cl)cc2)Sc2ccccc2N1. The van der Waals surface area contributed by atoms with Gasteiger partial charge in [0.1, 0.15) is 0 Å². The molecule has 96 valence electrons. The van der Waals surface area contributed by atoms with Gasteiger partial charge in [-0.2, -0.15) is 0 Å². The van der Waals surface area contributed by atoms with Crippen molar-refractivity contribution in [1.29, 1.82) is 0 Å². The molecule has 1 N–H and O–H groups in total. The zero-order valence-corrected chi connectivity index (χ0v) is 11.7. The van der Waals surface area contributed by atoms with Crippen molar-refractivity contribution in [3.63, 3.8) is 0 Å². The molecule has 2 aromatic rings. The van der Waals surface area contributed by atoms with Crippen molar-refractivity contribution in [2.75, 3.05) is 5.32 Å². The number of anilines is 1. The fourth-order valence-corrected chi connectivity index (χ4v) is 3.46. The van der Waals surface area contributed by atoms with Crippen LogP contribution in [0.5, 0.6) is 0 Å². The average molecular weight is 290 g/mol. The van der Waals surface area contributed by atoms with Crippen LogP contribution in [0, 0.1) is 0 Å². The van der Waals surface area contributed by atoms with Crippen molar-refractivity contribution in [2.45, 2.75) is 16.6 Å². The van der Waals surface area contributed by atoms with Gasteiger partial charge in [-0.25, -0.2) is 0 Å². The summed E-state index contributed by atoms with van der Waals surface area (Å²) in [5.41, 5.74) is 2.02. The van der Waals surface area contributed by atoms with Crippen LogP contribution in [-0.4, -0.2) is 5.91 Å². The van der Waals surface area contributed by atoms with Crippen molar-refractivity contribution in [3.05, 3.63) is 59.1 Å². The Labute approximate surface area is 121 Å². The average Bonchev–Trinajstić information content (AvgIpc) is 2.57. The molecule has 1 heterocycles. The molecular formula is C15H12ClNOS. The van der Waals surface area contributed by atoms with Gasteiger partial charge in [0.2, 0.25) is 5.91 Å². The minimum Gasteiger partial charge on any atom is -0.325 e. The highest BCUT2D eigenvalue weighted by atomic mass is 35.5. The number of carbonyl (C=O) groups is 1. The van der Waals surface area contributed by atoms with Crippen LogP contribution >= 0.6 is 23.4 Å². The van der Waals surface area contributed by atoms with Crippen LogP contribution in [-0.2, 0) is 4.79 Å². The molecule has 1 aliphatic heterocycles. The second-order valence-corrected chi connectivity index (χ2v) is 6.09. The first kappa shape index (κ1) is 12.6. The second-order valence-electron chi connectivity index (χ2n) is 4.41. The Balaban J connectivity index is 1.95. The molecule has 3 rings (SSSR count).